The molecule has 1 aliphatic rings. The van der Waals surface area contributed by atoms with Crippen LogP contribution in [0.2, 0.25) is 5.02 Å². The van der Waals surface area contributed by atoms with Gasteiger partial charge in [-0.2, -0.15) is 0 Å². The normalized spacial score (nSPS) is 19.3. The summed E-state index contributed by atoms with van der Waals surface area (Å²) in [5.41, 5.74) is 3.63. The van der Waals surface area contributed by atoms with Crippen molar-refractivity contribution in [2.45, 2.75) is 24.2 Å². The van der Waals surface area contributed by atoms with E-state index in [4.69, 9.17) is 16.6 Å². The van der Waals surface area contributed by atoms with E-state index in [9.17, 15) is 25.0 Å². The molecule has 0 aliphatic heterocycles. The van der Waals surface area contributed by atoms with E-state index in [1.54, 1.807) is 30.3 Å². The molecule has 0 fully saturated rings. The van der Waals surface area contributed by atoms with Crippen LogP contribution in [0, 0.1) is 20.2 Å². The maximum Gasteiger partial charge on any atom is 0.269 e. The molecule has 8 nitrogen and oxygen atoms in total. The molecule has 1 heterocycles. The van der Waals surface area contributed by atoms with E-state index in [1.165, 1.54) is 24.3 Å². The number of carbonyl (C=O) groups excluding carboxylic acids is 1. The number of pyridine rings is 1. The fraction of sp³-hybridized carbons (Fsp3) is 0.143. The lowest BCUT2D eigenvalue weighted by atomic mass is 9.65. The van der Waals surface area contributed by atoms with E-state index in [2.05, 4.69) is 0 Å². The predicted octanol–water partition coefficient (Wildman–Crippen LogP) is 6.88. The van der Waals surface area contributed by atoms with Gasteiger partial charge >= 0.3 is 0 Å². The number of rotatable bonds is 6. The van der Waals surface area contributed by atoms with Crippen LogP contribution in [-0.4, -0.2) is 21.1 Å². The zero-order valence-corrected chi connectivity index (χ0v) is 20.1. The van der Waals surface area contributed by atoms with E-state index in [-0.39, 0.29) is 23.2 Å². The number of benzene rings is 3. The number of allylic oxidation sites excluding steroid dienone is 2. The fourth-order valence-electron chi connectivity index (χ4n) is 5.16. The molecule has 37 heavy (non-hydrogen) atoms. The van der Waals surface area contributed by atoms with Crippen molar-refractivity contribution in [3.05, 3.63) is 133 Å². The molecule has 0 bridgehead atoms. The van der Waals surface area contributed by atoms with Crippen LogP contribution in [0.25, 0.3) is 10.9 Å². The molecule has 9 heteroatoms. The van der Waals surface area contributed by atoms with Gasteiger partial charge in [-0.1, -0.05) is 48.0 Å². The van der Waals surface area contributed by atoms with Crippen molar-refractivity contribution in [1.82, 2.24) is 4.98 Å². The zero-order chi connectivity index (χ0) is 26.1. The van der Waals surface area contributed by atoms with Gasteiger partial charge in [0, 0.05) is 52.2 Å². The molecule has 3 aromatic carbocycles. The van der Waals surface area contributed by atoms with E-state index in [1.807, 2.05) is 30.3 Å². The van der Waals surface area contributed by atoms with Gasteiger partial charge in [-0.25, -0.2) is 0 Å². The Balaban J connectivity index is 1.68. The lowest BCUT2D eigenvalue weighted by molar-refractivity contribution is -0.385. The number of carbonyl (C=O) groups is 1. The summed E-state index contributed by atoms with van der Waals surface area (Å²) in [5, 5.41) is 23.9. The van der Waals surface area contributed by atoms with Gasteiger partial charge in [-0.05, 0) is 53.3 Å². The van der Waals surface area contributed by atoms with Crippen molar-refractivity contribution >= 4 is 40.2 Å². The van der Waals surface area contributed by atoms with Crippen LogP contribution in [0.1, 0.15) is 41.0 Å². The summed E-state index contributed by atoms with van der Waals surface area (Å²) in [6, 6.07) is 21.9. The summed E-state index contributed by atoms with van der Waals surface area (Å²) in [5.74, 6) is -0.889. The Morgan fingerprint density at radius 2 is 1.46 bits per heavy atom. The predicted molar refractivity (Wildman–Crippen MR) is 140 cm³/mol. The molecule has 3 atom stereocenters. The third kappa shape index (κ3) is 4.71. The number of non-ortho nitro benzene ring substituents is 2. The van der Waals surface area contributed by atoms with Gasteiger partial charge in [0.05, 0.1) is 15.4 Å². The molecular formula is C28H20ClN3O5. The second-order valence-corrected chi connectivity index (χ2v) is 9.37. The minimum atomic E-state index is -0.464. The van der Waals surface area contributed by atoms with E-state index in [0.717, 1.165) is 34.0 Å². The van der Waals surface area contributed by atoms with Crippen LogP contribution in [0.15, 0.2) is 90.5 Å². The lowest BCUT2D eigenvalue weighted by Gasteiger charge is -2.37. The van der Waals surface area contributed by atoms with Crippen molar-refractivity contribution in [1.29, 1.82) is 0 Å². The standard InChI is InChI=1S/C28H20ClN3O5/c29-21-7-14-25-19(15-21)6-13-26(30-25)28-24(17-1-8-22(9-2-17)31(34)35)12-5-20(16-33)27(28)18-3-10-23(11-4-18)32(36)37/h1-11,13-16,24,27-28H,12H2/t24-,27+,28-/m0/s1. The number of nitro benzene ring substituents is 2. The maximum atomic E-state index is 12.2. The molecule has 0 saturated carbocycles. The minimum Gasteiger partial charge on any atom is -0.298 e. The Hall–Kier alpha value is -4.43. The van der Waals surface area contributed by atoms with Crippen LogP contribution in [0.3, 0.4) is 0 Å². The maximum absolute atomic E-state index is 12.2. The van der Waals surface area contributed by atoms with Crippen LogP contribution < -0.4 is 0 Å². The summed E-state index contributed by atoms with van der Waals surface area (Å²) in [6.45, 7) is 0. The van der Waals surface area contributed by atoms with Gasteiger partial charge in [0.15, 0.2) is 0 Å². The molecule has 5 rings (SSSR count). The summed E-state index contributed by atoms with van der Waals surface area (Å²) in [6.07, 6.45) is 3.23. The number of nitrogens with zero attached hydrogens (tertiary/aromatic N) is 3. The second-order valence-electron chi connectivity index (χ2n) is 8.94. The highest BCUT2D eigenvalue weighted by Crippen LogP contribution is 2.51. The first-order chi connectivity index (χ1) is 17.9. The Morgan fingerprint density at radius 1 is 0.838 bits per heavy atom. The highest BCUT2D eigenvalue weighted by atomic mass is 35.5. The Morgan fingerprint density at radius 3 is 2.05 bits per heavy atom. The molecule has 4 aromatic rings. The highest BCUT2D eigenvalue weighted by Gasteiger charge is 2.39. The molecule has 0 N–H and O–H groups in total. The highest BCUT2D eigenvalue weighted by molar-refractivity contribution is 6.31. The van der Waals surface area contributed by atoms with E-state index in [0.29, 0.717) is 17.0 Å². The number of hydrogen-bond donors (Lipinski definition) is 0. The third-order valence-corrected chi connectivity index (χ3v) is 7.14. The van der Waals surface area contributed by atoms with Crippen molar-refractivity contribution < 1.29 is 14.6 Å². The minimum absolute atomic E-state index is 0.00661. The molecule has 0 saturated heterocycles. The number of fused-ring (bicyclic) bond motifs is 1. The van der Waals surface area contributed by atoms with Crippen LogP contribution in [-0.2, 0) is 4.79 Å². The molecule has 0 unspecified atom stereocenters. The Labute approximate surface area is 216 Å². The first kappa shape index (κ1) is 24.3. The van der Waals surface area contributed by atoms with Crippen molar-refractivity contribution in [3.8, 4) is 0 Å². The van der Waals surface area contributed by atoms with Gasteiger partial charge in [0.25, 0.3) is 11.4 Å². The fourth-order valence-corrected chi connectivity index (χ4v) is 5.34. The molecule has 184 valence electrons. The smallest absolute Gasteiger partial charge is 0.269 e. The monoisotopic (exact) mass is 513 g/mol. The summed E-state index contributed by atoms with van der Waals surface area (Å²) in [4.78, 5) is 38.7. The number of nitro groups is 2. The Bertz CT molecular complexity index is 1550. The quantitative estimate of drug-likeness (QED) is 0.157. The van der Waals surface area contributed by atoms with Gasteiger partial charge in [-0.15, -0.1) is 0 Å². The SMILES string of the molecule is O=CC1=CC[C@@H](c2ccc([N+](=O)[O-])cc2)[C@@H](c2ccc3cc(Cl)ccc3n2)[C@@H]1c1ccc([N+](=O)[O-])cc1. The second kappa shape index (κ2) is 9.91. The number of hydrogen-bond acceptors (Lipinski definition) is 6. The van der Waals surface area contributed by atoms with Gasteiger partial charge < -0.3 is 0 Å². The molecular weight excluding hydrogens is 494 g/mol. The van der Waals surface area contributed by atoms with Crippen molar-refractivity contribution in [3.63, 3.8) is 0 Å². The van der Waals surface area contributed by atoms with Crippen LogP contribution in [0.4, 0.5) is 11.4 Å². The summed E-state index contributed by atoms with van der Waals surface area (Å²) < 4.78 is 0. The average molecular weight is 514 g/mol. The molecule has 1 aliphatic carbocycles. The lowest BCUT2D eigenvalue weighted by Crippen LogP contribution is -2.26. The van der Waals surface area contributed by atoms with Gasteiger partial charge in [-0.3, -0.25) is 30.0 Å². The average Bonchev–Trinajstić information content (AvgIpc) is 2.92. The molecule has 0 amide bonds. The molecule has 0 radical (unpaired) electrons. The number of aromatic nitrogens is 1. The van der Waals surface area contributed by atoms with Crippen LogP contribution >= 0.6 is 11.6 Å². The zero-order valence-electron chi connectivity index (χ0n) is 19.4. The van der Waals surface area contributed by atoms with E-state index < -0.39 is 15.8 Å². The van der Waals surface area contributed by atoms with Gasteiger partial charge in [0.1, 0.15) is 6.29 Å². The topological polar surface area (TPSA) is 116 Å². The van der Waals surface area contributed by atoms with Gasteiger partial charge in [0.2, 0.25) is 0 Å². The first-order valence-corrected chi connectivity index (χ1v) is 11.9. The largest absolute Gasteiger partial charge is 0.298 e. The van der Waals surface area contributed by atoms with Crippen molar-refractivity contribution in [2.75, 3.05) is 0 Å². The van der Waals surface area contributed by atoms with E-state index >= 15 is 0 Å². The molecule has 0 spiro atoms. The first-order valence-electron chi connectivity index (χ1n) is 11.6. The van der Waals surface area contributed by atoms with Crippen LogP contribution in [0.5, 0.6) is 0 Å². The number of halogens is 1. The number of aldehydes is 1. The van der Waals surface area contributed by atoms with Crippen molar-refractivity contribution in [2.24, 2.45) is 0 Å². The summed E-state index contributed by atoms with van der Waals surface area (Å²) >= 11 is 6.15. The Kier molecular flexibility index (Phi) is 6.50. The summed E-state index contributed by atoms with van der Waals surface area (Å²) in [7, 11) is 0. The molecule has 1 aromatic heterocycles. The third-order valence-electron chi connectivity index (χ3n) is 6.90.